The Morgan fingerprint density at radius 3 is 2.67 bits per heavy atom. The number of rotatable bonds is 3. The van der Waals surface area contributed by atoms with E-state index in [1.165, 1.54) is 12.1 Å². The van der Waals surface area contributed by atoms with Crippen LogP contribution in [-0.2, 0) is 0 Å². The quantitative estimate of drug-likeness (QED) is 0.375. The molecule has 0 spiro atoms. The van der Waals surface area contributed by atoms with Crippen LogP contribution in [0.2, 0.25) is 5.02 Å². The minimum atomic E-state index is -0.438. The van der Waals surface area contributed by atoms with Gasteiger partial charge in [-0.25, -0.2) is 0 Å². The maximum Gasteiger partial charge on any atom is 0.269 e. The van der Waals surface area contributed by atoms with Gasteiger partial charge in [-0.3, -0.25) is 15.1 Å². The van der Waals surface area contributed by atoms with Gasteiger partial charge in [0.05, 0.1) is 4.92 Å². The highest BCUT2D eigenvalue weighted by atomic mass is 35.5. The fraction of sp³-hybridized carbons (Fsp3) is 0.0625. The van der Waals surface area contributed by atoms with Crippen molar-refractivity contribution in [1.82, 2.24) is 0 Å². The molecule has 0 unspecified atom stereocenters. The molecule has 0 atom stereocenters. The van der Waals surface area contributed by atoms with Crippen molar-refractivity contribution in [1.29, 1.82) is 0 Å². The number of aliphatic imine (C=N–C) groups is 1. The number of nitro benzene ring substituents is 1. The molecule has 0 fully saturated rings. The first-order chi connectivity index (χ1) is 10.1. The largest absolute Gasteiger partial charge is 0.280 e. The Labute approximate surface area is 127 Å². The van der Waals surface area contributed by atoms with Gasteiger partial charge in [-0.15, -0.1) is 0 Å². The van der Waals surface area contributed by atoms with E-state index in [4.69, 9.17) is 11.6 Å². The molecule has 104 valence electrons. The number of hydrogen-bond donors (Lipinski definition) is 0. The van der Waals surface area contributed by atoms with Gasteiger partial charge in [0, 0.05) is 28.9 Å². The first-order valence-corrected chi connectivity index (χ1v) is 6.52. The fourth-order valence-electron chi connectivity index (χ4n) is 1.59. The Morgan fingerprint density at radius 1 is 1.24 bits per heavy atom. The van der Waals surface area contributed by atoms with E-state index < -0.39 is 4.92 Å². The van der Waals surface area contributed by atoms with Gasteiger partial charge in [-0.05, 0) is 29.8 Å². The highest BCUT2D eigenvalue weighted by Gasteiger charge is 2.01. The average molecular weight is 299 g/mol. The molecule has 0 bridgehead atoms. The summed E-state index contributed by atoms with van der Waals surface area (Å²) in [5.41, 5.74) is 1.69. The van der Waals surface area contributed by atoms with Crippen molar-refractivity contribution in [3.05, 3.63) is 74.8 Å². The molecule has 0 aliphatic rings. The van der Waals surface area contributed by atoms with Crippen molar-refractivity contribution in [2.45, 2.75) is 0 Å². The summed E-state index contributed by atoms with van der Waals surface area (Å²) in [6.07, 6.45) is 1.70. The first kappa shape index (κ1) is 14.8. The fourth-order valence-corrected chi connectivity index (χ4v) is 1.79. The van der Waals surface area contributed by atoms with E-state index in [2.05, 4.69) is 16.8 Å². The summed E-state index contributed by atoms with van der Waals surface area (Å²) in [6, 6.07) is 13.5. The van der Waals surface area contributed by atoms with E-state index in [1.807, 2.05) is 18.2 Å². The third-order valence-corrected chi connectivity index (χ3v) is 2.81. The van der Waals surface area contributed by atoms with Gasteiger partial charge in [-0.1, -0.05) is 35.6 Å². The standard InChI is InChI=1S/C16H11ClN2O2/c17-15-5-1-3-14(11-15)12-18-10-2-4-13-6-8-16(9-7-13)19(20)21/h1,3,5-9,11-12H,10H2. The Balaban J connectivity index is 1.93. The minimum absolute atomic E-state index is 0.0551. The second-order valence-electron chi connectivity index (χ2n) is 4.13. The molecule has 0 aromatic heterocycles. The van der Waals surface area contributed by atoms with E-state index >= 15 is 0 Å². The number of halogens is 1. The lowest BCUT2D eigenvalue weighted by Gasteiger charge is -1.92. The molecule has 0 aliphatic carbocycles. The van der Waals surface area contributed by atoms with Crippen LogP contribution in [0.5, 0.6) is 0 Å². The summed E-state index contributed by atoms with van der Waals surface area (Å²) >= 11 is 5.86. The van der Waals surface area contributed by atoms with Crippen LogP contribution in [0.25, 0.3) is 0 Å². The van der Waals surface area contributed by atoms with Crippen molar-refractivity contribution in [2.75, 3.05) is 6.54 Å². The lowest BCUT2D eigenvalue weighted by atomic mass is 10.2. The molecule has 0 amide bonds. The van der Waals surface area contributed by atoms with E-state index in [-0.39, 0.29) is 5.69 Å². The monoisotopic (exact) mass is 298 g/mol. The third kappa shape index (κ3) is 4.75. The summed E-state index contributed by atoms with van der Waals surface area (Å²) in [5.74, 6) is 5.78. The zero-order valence-electron chi connectivity index (χ0n) is 11.0. The van der Waals surface area contributed by atoms with E-state index in [0.717, 1.165) is 11.1 Å². The van der Waals surface area contributed by atoms with Crippen LogP contribution in [0, 0.1) is 22.0 Å². The van der Waals surface area contributed by atoms with Gasteiger partial charge in [0.25, 0.3) is 5.69 Å². The number of hydrogen-bond acceptors (Lipinski definition) is 3. The van der Waals surface area contributed by atoms with Crippen molar-refractivity contribution >= 4 is 23.5 Å². The maximum absolute atomic E-state index is 10.5. The molecule has 2 rings (SSSR count). The molecule has 21 heavy (non-hydrogen) atoms. The van der Waals surface area contributed by atoms with Gasteiger partial charge in [0.2, 0.25) is 0 Å². The molecule has 0 aliphatic heterocycles. The number of benzene rings is 2. The predicted octanol–water partition coefficient (Wildman–Crippen LogP) is 3.72. The predicted molar refractivity (Wildman–Crippen MR) is 83.9 cm³/mol. The summed E-state index contributed by atoms with van der Waals surface area (Å²) in [6.45, 7) is 0.351. The molecule has 0 radical (unpaired) electrons. The molecule has 4 nitrogen and oxygen atoms in total. The van der Waals surface area contributed by atoms with Crippen LogP contribution in [0.3, 0.4) is 0 Å². The number of nitrogens with zero attached hydrogens (tertiary/aromatic N) is 2. The smallest absolute Gasteiger partial charge is 0.269 e. The highest BCUT2D eigenvalue weighted by molar-refractivity contribution is 6.30. The van der Waals surface area contributed by atoms with Crippen LogP contribution in [0.4, 0.5) is 5.69 Å². The molecule has 0 saturated heterocycles. The first-order valence-electron chi connectivity index (χ1n) is 6.14. The van der Waals surface area contributed by atoms with E-state index in [9.17, 15) is 10.1 Å². The van der Waals surface area contributed by atoms with Crippen molar-refractivity contribution < 1.29 is 4.92 Å². The summed E-state index contributed by atoms with van der Waals surface area (Å²) in [5, 5.41) is 11.2. The Bertz CT molecular complexity index is 728. The Hall–Kier alpha value is -2.64. The Morgan fingerprint density at radius 2 is 2.00 bits per heavy atom. The zero-order chi connectivity index (χ0) is 15.1. The van der Waals surface area contributed by atoms with Gasteiger partial charge < -0.3 is 0 Å². The lowest BCUT2D eigenvalue weighted by Crippen LogP contribution is -1.87. The van der Waals surface area contributed by atoms with Gasteiger partial charge in [0.15, 0.2) is 0 Å². The number of nitro groups is 1. The van der Waals surface area contributed by atoms with Crippen molar-refractivity contribution in [3.63, 3.8) is 0 Å². The average Bonchev–Trinajstić information content (AvgIpc) is 2.47. The second-order valence-corrected chi connectivity index (χ2v) is 4.57. The summed E-state index contributed by atoms with van der Waals surface area (Å²) < 4.78 is 0. The van der Waals surface area contributed by atoms with Crippen LogP contribution in [-0.4, -0.2) is 17.7 Å². The van der Waals surface area contributed by atoms with Crippen molar-refractivity contribution in [2.24, 2.45) is 4.99 Å². The molecular weight excluding hydrogens is 288 g/mol. The number of non-ortho nitro benzene ring substituents is 1. The minimum Gasteiger partial charge on any atom is -0.280 e. The normalized spacial score (nSPS) is 10.1. The molecule has 2 aromatic carbocycles. The highest BCUT2D eigenvalue weighted by Crippen LogP contribution is 2.11. The topological polar surface area (TPSA) is 55.5 Å². The summed E-state index contributed by atoms with van der Waals surface area (Å²) in [7, 11) is 0. The molecule has 2 aromatic rings. The van der Waals surface area contributed by atoms with Crippen LogP contribution in [0.1, 0.15) is 11.1 Å². The van der Waals surface area contributed by atoms with Gasteiger partial charge in [0.1, 0.15) is 6.54 Å². The molecule has 5 heteroatoms. The van der Waals surface area contributed by atoms with Crippen LogP contribution >= 0.6 is 11.6 Å². The maximum atomic E-state index is 10.5. The zero-order valence-corrected chi connectivity index (χ0v) is 11.7. The van der Waals surface area contributed by atoms with E-state index in [1.54, 1.807) is 24.4 Å². The van der Waals surface area contributed by atoms with Crippen molar-refractivity contribution in [3.8, 4) is 11.8 Å². The molecule has 0 heterocycles. The third-order valence-electron chi connectivity index (χ3n) is 2.57. The lowest BCUT2D eigenvalue weighted by molar-refractivity contribution is -0.384. The van der Waals surface area contributed by atoms with Gasteiger partial charge >= 0.3 is 0 Å². The van der Waals surface area contributed by atoms with Crippen LogP contribution < -0.4 is 0 Å². The second kappa shape index (κ2) is 7.22. The molecular formula is C16H11ClN2O2. The van der Waals surface area contributed by atoms with Gasteiger partial charge in [-0.2, -0.15) is 0 Å². The van der Waals surface area contributed by atoms with E-state index in [0.29, 0.717) is 11.6 Å². The van der Waals surface area contributed by atoms with Crippen LogP contribution in [0.15, 0.2) is 53.5 Å². The summed E-state index contributed by atoms with van der Waals surface area (Å²) in [4.78, 5) is 14.3. The molecule has 0 saturated carbocycles. The Kier molecular flexibility index (Phi) is 5.08. The molecule has 0 N–H and O–H groups in total. The SMILES string of the molecule is O=[N+]([O-])c1ccc(C#CCN=Cc2cccc(Cl)c2)cc1.